The van der Waals surface area contributed by atoms with Gasteiger partial charge in [-0.2, -0.15) is 0 Å². The van der Waals surface area contributed by atoms with Gasteiger partial charge in [-0.25, -0.2) is 4.79 Å². The molecule has 2 N–H and O–H groups in total. The zero-order valence-electron chi connectivity index (χ0n) is 18.5. The van der Waals surface area contributed by atoms with Gasteiger partial charge in [0.25, 0.3) is 5.91 Å². The van der Waals surface area contributed by atoms with Gasteiger partial charge in [-0.1, -0.05) is 31.4 Å². The minimum absolute atomic E-state index is 0.0195. The van der Waals surface area contributed by atoms with E-state index >= 15 is 0 Å². The van der Waals surface area contributed by atoms with E-state index in [1.165, 1.54) is 19.3 Å². The molecule has 170 valence electrons. The number of likely N-dealkylation sites (tertiary alicyclic amines) is 1. The Morgan fingerprint density at radius 2 is 1.61 bits per heavy atom. The molecule has 0 spiro atoms. The van der Waals surface area contributed by atoms with Crippen molar-refractivity contribution >= 4 is 11.9 Å². The third-order valence-electron chi connectivity index (χ3n) is 6.75. The summed E-state index contributed by atoms with van der Waals surface area (Å²) < 4.78 is 5.41. The van der Waals surface area contributed by atoms with E-state index in [-0.39, 0.29) is 18.0 Å². The number of amides is 3. The zero-order chi connectivity index (χ0) is 21.5. The molecule has 7 heteroatoms. The van der Waals surface area contributed by atoms with Crippen LogP contribution in [0.3, 0.4) is 0 Å². The van der Waals surface area contributed by atoms with E-state index in [4.69, 9.17) is 4.74 Å². The summed E-state index contributed by atoms with van der Waals surface area (Å²) in [5, 5.41) is 6.37. The highest BCUT2D eigenvalue weighted by molar-refractivity contribution is 5.94. The maximum absolute atomic E-state index is 12.8. The lowest BCUT2D eigenvalue weighted by atomic mass is 9.95. The van der Waals surface area contributed by atoms with Crippen LogP contribution in [-0.4, -0.2) is 73.2 Å². The number of piperidine rings is 1. The molecule has 7 nitrogen and oxygen atoms in total. The first-order chi connectivity index (χ1) is 15.2. The summed E-state index contributed by atoms with van der Waals surface area (Å²) >= 11 is 0. The van der Waals surface area contributed by atoms with Crippen LogP contribution in [0.1, 0.15) is 60.9 Å². The molecule has 1 saturated carbocycles. The van der Waals surface area contributed by atoms with E-state index in [0.29, 0.717) is 24.7 Å². The predicted octanol–water partition coefficient (Wildman–Crippen LogP) is 2.76. The Balaban J connectivity index is 1.22. The van der Waals surface area contributed by atoms with Gasteiger partial charge < -0.3 is 20.3 Å². The number of nitrogens with one attached hydrogen (secondary N) is 2. The van der Waals surface area contributed by atoms with E-state index in [9.17, 15) is 9.59 Å². The normalized spacial score (nSPS) is 21.6. The molecule has 0 aromatic heterocycles. The van der Waals surface area contributed by atoms with Crippen molar-refractivity contribution in [3.05, 3.63) is 35.4 Å². The molecule has 31 heavy (non-hydrogen) atoms. The van der Waals surface area contributed by atoms with Crippen molar-refractivity contribution in [2.45, 2.75) is 63.6 Å². The van der Waals surface area contributed by atoms with Crippen LogP contribution in [0.2, 0.25) is 0 Å². The Morgan fingerprint density at radius 3 is 2.35 bits per heavy atom. The Kier molecular flexibility index (Phi) is 7.81. The highest BCUT2D eigenvalue weighted by Crippen LogP contribution is 2.19. The fourth-order valence-electron chi connectivity index (χ4n) is 4.84. The van der Waals surface area contributed by atoms with Crippen LogP contribution in [0.15, 0.2) is 24.3 Å². The molecule has 0 radical (unpaired) electrons. The minimum atomic E-state index is -0.0195. The summed E-state index contributed by atoms with van der Waals surface area (Å²) in [4.78, 5) is 29.6. The van der Waals surface area contributed by atoms with Gasteiger partial charge in [0, 0.05) is 50.4 Å². The number of hydrogen-bond donors (Lipinski definition) is 2. The van der Waals surface area contributed by atoms with E-state index in [0.717, 1.165) is 64.1 Å². The maximum atomic E-state index is 12.8. The molecule has 1 aromatic rings. The number of benzene rings is 1. The number of hydrogen-bond acceptors (Lipinski definition) is 4. The first-order valence-electron chi connectivity index (χ1n) is 11.9. The molecule has 3 aliphatic rings. The average molecular weight is 429 g/mol. The van der Waals surface area contributed by atoms with Crippen molar-refractivity contribution in [2.24, 2.45) is 0 Å². The molecule has 2 aliphatic heterocycles. The lowest BCUT2D eigenvalue weighted by Gasteiger charge is -2.34. The van der Waals surface area contributed by atoms with Gasteiger partial charge >= 0.3 is 6.03 Å². The number of carbonyl (C=O) groups is 2. The largest absolute Gasteiger partial charge is 0.379 e. The SMILES string of the molecule is O=C(NC1CCN(C(=O)NC2CCCCC2)CC1)c1cccc(CN2CCOCC2)c1. The monoisotopic (exact) mass is 428 g/mol. The fraction of sp³-hybridized carbons (Fsp3) is 0.667. The van der Waals surface area contributed by atoms with E-state index in [1.54, 1.807) is 0 Å². The molecule has 2 heterocycles. The van der Waals surface area contributed by atoms with Gasteiger partial charge in [-0.05, 0) is 43.4 Å². The standard InChI is InChI=1S/C24H36N4O3/c29-23(20-6-4-5-19(17-20)18-27-13-15-31-16-14-27)25-22-9-11-28(12-10-22)24(30)26-21-7-2-1-3-8-21/h4-6,17,21-22H,1-3,7-16,18H2,(H,25,29)(H,26,30). The minimum Gasteiger partial charge on any atom is -0.379 e. The van der Waals surface area contributed by atoms with Crippen LogP contribution in [0.5, 0.6) is 0 Å². The number of urea groups is 1. The zero-order valence-corrected chi connectivity index (χ0v) is 18.5. The van der Waals surface area contributed by atoms with Gasteiger partial charge in [-0.3, -0.25) is 9.69 Å². The number of rotatable bonds is 5. The van der Waals surface area contributed by atoms with Gasteiger partial charge in [0.05, 0.1) is 13.2 Å². The molecule has 3 fully saturated rings. The third kappa shape index (κ3) is 6.43. The lowest BCUT2D eigenvalue weighted by Crippen LogP contribution is -2.51. The molecule has 3 amide bonds. The average Bonchev–Trinajstić information content (AvgIpc) is 2.81. The lowest BCUT2D eigenvalue weighted by molar-refractivity contribution is 0.0342. The molecule has 4 rings (SSSR count). The Hall–Kier alpha value is -2.12. The summed E-state index contributed by atoms with van der Waals surface area (Å²) in [7, 11) is 0. The molecule has 1 aliphatic carbocycles. The summed E-state index contributed by atoms with van der Waals surface area (Å²) in [6, 6.07) is 8.44. The molecule has 2 saturated heterocycles. The fourth-order valence-corrected chi connectivity index (χ4v) is 4.84. The second kappa shape index (κ2) is 11.0. The van der Waals surface area contributed by atoms with Crippen LogP contribution >= 0.6 is 0 Å². The van der Waals surface area contributed by atoms with Crippen LogP contribution in [0, 0.1) is 0 Å². The van der Waals surface area contributed by atoms with Crippen molar-refractivity contribution in [3.8, 4) is 0 Å². The van der Waals surface area contributed by atoms with Gasteiger partial charge in [-0.15, -0.1) is 0 Å². The predicted molar refractivity (Wildman–Crippen MR) is 120 cm³/mol. The highest BCUT2D eigenvalue weighted by atomic mass is 16.5. The topological polar surface area (TPSA) is 73.9 Å². The molecular weight excluding hydrogens is 392 g/mol. The number of ether oxygens (including phenoxy) is 1. The van der Waals surface area contributed by atoms with Crippen molar-refractivity contribution in [3.63, 3.8) is 0 Å². The van der Waals surface area contributed by atoms with Gasteiger partial charge in [0.15, 0.2) is 0 Å². The van der Waals surface area contributed by atoms with Gasteiger partial charge in [0.1, 0.15) is 0 Å². The third-order valence-corrected chi connectivity index (χ3v) is 6.75. The summed E-state index contributed by atoms with van der Waals surface area (Å²) in [5.41, 5.74) is 1.87. The second-order valence-electron chi connectivity index (χ2n) is 9.11. The molecule has 0 bridgehead atoms. The summed E-state index contributed by atoms with van der Waals surface area (Å²) in [6.07, 6.45) is 7.52. The van der Waals surface area contributed by atoms with E-state index < -0.39 is 0 Å². The van der Waals surface area contributed by atoms with Crippen molar-refractivity contribution in [1.29, 1.82) is 0 Å². The molecule has 0 atom stereocenters. The van der Waals surface area contributed by atoms with Crippen LogP contribution in [0.4, 0.5) is 4.79 Å². The highest BCUT2D eigenvalue weighted by Gasteiger charge is 2.26. The molecular formula is C24H36N4O3. The smallest absolute Gasteiger partial charge is 0.317 e. The van der Waals surface area contributed by atoms with E-state index in [2.05, 4.69) is 21.6 Å². The van der Waals surface area contributed by atoms with Crippen molar-refractivity contribution in [2.75, 3.05) is 39.4 Å². The summed E-state index contributed by atoms with van der Waals surface area (Å²) in [5.74, 6) is -0.0195. The number of carbonyl (C=O) groups excluding carboxylic acids is 2. The molecule has 0 unspecified atom stereocenters. The maximum Gasteiger partial charge on any atom is 0.317 e. The number of nitrogens with zero attached hydrogens (tertiary/aromatic N) is 2. The first-order valence-corrected chi connectivity index (χ1v) is 11.9. The Morgan fingerprint density at radius 1 is 0.903 bits per heavy atom. The van der Waals surface area contributed by atoms with Crippen LogP contribution < -0.4 is 10.6 Å². The van der Waals surface area contributed by atoms with Crippen LogP contribution in [0.25, 0.3) is 0 Å². The van der Waals surface area contributed by atoms with Gasteiger partial charge in [0.2, 0.25) is 0 Å². The Labute approximate surface area is 185 Å². The number of morpholine rings is 1. The van der Waals surface area contributed by atoms with Crippen molar-refractivity contribution < 1.29 is 14.3 Å². The molecule has 1 aromatic carbocycles. The van der Waals surface area contributed by atoms with Crippen molar-refractivity contribution in [1.82, 2.24) is 20.4 Å². The quantitative estimate of drug-likeness (QED) is 0.756. The second-order valence-corrected chi connectivity index (χ2v) is 9.11. The van der Waals surface area contributed by atoms with Crippen LogP contribution in [-0.2, 0) is 11.3 Å². The Bertz CT molecular complexity index is 736. The summed E-state index contributed by atoms with van der Waals surface area (Å²) in [6.45, 7) is 5.65. The first kappa shape index (κ1) is 22.1. The van der Waals surface area contributed by atoms with E-state index in [1.807, 2.05) is 23.1 Å².